The molecule has 0 saturated carbocycles. The Bertz CT molecular complexity index is 987. The molecule has 2 N–H and O–H groups in total. The van der Waals surface area contributed by atoms with Gasteiger partial charge in [0, 0.05) is 16.7 Å². The van der Waals surface area contributed by atoms with Gasteiger partial charge in [0.1, 0.15) is 11.9 Å². The molecule has 0 bridgehead atoms. The van der Waals surface area contributed by atoms with Crippen molar-refractivity contribution in [1.82, 2.24) is 15.1 Å². The largest absolute Gasteiger partial charge is 0.606 e. The number of anilines is 1. The quantitative estimate of drug-likeness (QED) is 0.598. The molecule has 3 aromatic rings. The zero-order chi connectivity index (χ0) is 20.1. The fraction of sp³-hybridized carbons (Fsp3) is 0.167. The van der Waals surface area contributed by atoms with E-state index in [1.165, 1.54) is 18.6 Å². The van der Waals surface area contributed by atoms with Gasteiger partial charge in [0.25, 0.3) is 0 Å². The first-order chi connectivity index (χ1) is 13.5. The Morgan fingerprint density at radius 1 is 1.25 bits per heavy atom. The topological polar surface area (TPSA) is 148 Å². The van der Waals surface area contributed by atoms with Crippen LogP contribution in [-0.4, -0.2) is 30.7 Å². The van der Waals surface area contributed by atoms with Crippen LogP contribution < -0.4 is 5.32 Å². The number of aryl methyl sites for hydroxylation is 1. The number of hydrogen-bond acceptors (Lipinski definition) is 8. The number of carbonyl (C=O) groups is 1. The van der Waals surface area contributed by atoms with Gasteiger partial charge in [-0.2, -0.15) is 5.26 Å². The molecule has 0 fully saturated rings. The van der Waals surface area contributed by atoms with E-state index in [1.807, 2.05) is 6.07 Å². The van der Waals surface area contributed by atoms with Gasteiger partial charge in [0.05, 0.1) is 24.7 Å². The van der Waals surface area contributed by atoms with E-state index in [9.17, 15) is 19.7 Å². The lowest BCUT2D eigenvalue weighted by Crippen LogP contribution is -2.28. The minimum atomic E-state index is -1.46. The summed E-state index contributed by atoms with van der Waals surface area (Å²) >= 11 is -1.46. The second-order valence-electron chi connectivity index (χ2n) is 5.70. The molecule has 28 heavy (non-hydrogen) atoms. The number of aliphatic hydroxyl groups excluding tert-OH is 1. The SMILES string of the molecule is Cc1oncc1C(O)C(C#N)C(=O)Nc1ncc([S+]([O-])c2ccccc2)cn1. The predicted molar refractivity (Wildman–Crippen MR) is 97.1 cm³/mol. The Balaban J connectivity index is 1.70. The molecule has 2 heterocycles. The van der Waals surface area contributed by atoms with Gasteiger partial charge in [0.15, 0.2) is 15.7 Å². The average Bonchev–Trinajstić information content (AvgIpc) is 3.15. The number of benzene rings is 1. The molecule has 0 aliphatic heterocycles. The maximum atomic E-state index is 12.4. The second kappa shape index (κ2) is 8.62. The van der Waals surface area contributed by atoms with Gasteiger partial charge in [0.2, 0.25) is 11.9 Å². The molecular formula is C18H15N5O4S. The van der Waals surface area contributed by atoms with Crippen LogP contribution in [0.5, 0.6) is 0 Å². The molecule has 10 heteroatoms. The summed E-state index contributed by atoms with van der Waals surface area (Å²) in [4.78, 5) is 21.2. The maximum absolute atomic E-state index is 12.4. The van der Waals surface area contributed by atoms with Gasteiger partial charge in [-0.15, -0.1) is 0 Å². The first-order valence-electron chi connectivity index (χ1n) is 8.10. The molecule has 1 amide bonds. The molecule has 3 rings (SSSR count). The summed E-state index contributed by atoms with van der Waals surface area (Å²) in [5.41, 5.74) is 0.247. The highest BCUT2D eigenvalue weighted by atomic mass is 32.2. The van der Waals surface area contributed by atoms with Crippen molar-refractivity contribution in [3.8, 4) is 6.07 Å². The Hall–Kier alpha value is -3.26. The van der Waals surface area contributed by atoms with Crippen LogP contribution in [0.25, 0.3) is 0 Å². The lowest BCUT2D eigenvalue weighted by atomic mass is 9.97. The molecule has 9 nitrogen and oxygen atoms in total. The van der Waals surface area contributed by atoms with Crippen molar-refractivity contribution in [2.24, 2.45) is 5.92 Å². The van der Waals surface area contributed by atoms with E-state index < -0.39 is 29.1 Å². The predicted octanol–water partition coefficient (Wildman–Crippen LogP) is 1.75. The van der Waals surface area contributed by atoms with E-state index >= 15 is 0 Å². The molecule has 0 saturated heterocycles. The van der Waals surface area contributed by atoms with Crippen molar-refractivity contribution in [3.05, 3.63) is 60.2 Å². The van der Waals surface area contributed by atoms with Gasteiger partial charge in [-0.25, -0.2) is 9.97 Å². The Labute approximate surface area is 163 Å². The van der Waals surface area contributed by atoms with Gasteiger partial charge in [-0.1, -0.05) is 23.4 Å². The third-order valence-electron chi connectivity index (χ3n) is 3.88. The fourth-order valence-electron chi connectivity index (χ4n) is 2.39. The number of aromatic nitrogens is 3. The number of nitrogens with one attached hydrogen (secondary N) is 1. The van der Waals surface area contributed by atoms with Crippen molar-refractivity contribution in [2.45, 2.75) is 22.8 Å². The van der Waals surface area contributed by atoms with Gasteiger partial charge in [-0.3, -0.25) is 10.1 Å². The Kier molecular flexibility index (Phi) is 6.00. The van der Waals surface area contributed by atoms with Crippen molar-refractivity contribution in [1.29, 1.82) is 5.26 Å². The van der Waals surface area contributed by atoms with Crippen LogP contribution in [0.1, 0.15) is 17.4 Å². The van der Waals surface area contributed by atoms with Crippen LogP contribution in [0.15, 0.2) is 63.2 Å². The zero-order valence-electron chi connectivity index (χ0n) is 14.6. The smallest absolute Gasteiger partial charge is 0.247 e. The highest BCUT2D eigenvalue weighted by Crippen LogP contribution is 2.25. The number of nitriles is 1. The molecule has 2 aromatic heterocycles. The second-order valence-corrected chi connectivity index (χ2v) is 7.18. The monoisotopic (exact) mass is 397 g/mol. The third-order valence-corrected chi connectivity index (χ3v) is 5.22. The van der Waals surface area contributed by atoms with Gasteiger partial charge >= 0.3 is 0 Å². The van der Waals surface area contributed by atoms with E-state index in [0.29, 0.717) is 15.6 Å². The van der Waals surface area contributed by atoms with Crippen molar-refractivity contribution < 1.29 is 19.0 Å². The van der Waals surface area contributed by atoms with Crippen LogP contribution in [0.3, 0.4) is 0 Å². The van der Waals surface area contributed by atoms with Gasteiger partial charge < -0.3 is 14.2 Å². The van der Waals surface area contributed by atoms with E-state index in [-0.39, 0.29) is 11.5 Å². The third kappa shape index (κ3) is 4.17. The number of hydrogen-bond donors (Lipinski definition) is 2. The summed E-state index contributed by atoms with van der Waals surface area (Å²) < 4.78 is 17.3. The lowest BCUT2D eigenvalue weighted by molar-refractivity contribution is -0.121. The minimum Gasteiger partial charge on any atom is -0.606 e. The fourth-order valence-corrected chi connectivity index (χ4v) is 3.36. The standard InChI is InChI=1S/C18H15N5O4S/c1-11-15(10-22-27-11)16(24)14(7-19)17(25)23-18-20-8-13(9-21-18)28(26)12-5-3-2-4-6-12/h2-6,8-10,14,16,24H,1H3,(H,20,21,23,25). The molecule has 0 aliphatic rings. The van der Waals surface area contributed by atoms with E-state index in [2.05, 4.69) is 20.4 Å². The van der Waals surface area contributed by atoms with Crippen molar-refractivity contribution in [2.75, 3.05) is 5.32 Å². The van der Waals surface area contributed by atoms with Gasteiger partial charge in [-0.05, 0) is 19.1 Å². The summed E-state index contributed by atoms with van der Waals surface area (Å²) in [7, 11) is 0. The number of carbonyl (C=O) groups excluding carboxylic acids is 1. The summed E-state index contributed by atoms with van der Waals surface area (Å²) in [5.74, 6) is -1.97. The van der Waals surface area contributed by atoms with E-state index in [1.54, 1.807) is 37.3 Å². The first-order valence-corrected chi connectivity index (χ1v) is 9.25. The first kappa shape index (κ1) is 19.5. The average molecular weight is 397 g/mol. The molecule has 0 spiro atoms. The summed E-state index contributed by atoms with van der Waals surface area (Å²) in [5, 5.41) is 25.4. The van der Waals surface area contributed by atoms with Crippen LogP contribution in [-0.2, 0) is 16.0 Å². The van der Waals surface area contributed by atoms with Crippen LogP contribution >= 0.6 is 0 Å². The molecule has 1 aromatic carbocycles. The normalized spacial score (nSPS) is 13.9. The number of aliphatic hydroxyl groups is 1. The summed E-state index contributed by atoms with van der Waals surface area (Å²) in [6.45, 7) is 1.56. The number of nitrogens with zero attached hydrogens (tertiary/aromatic N) is 4. The number of amides is 1. The molecule has 142 valence electrons. The summed E-state index contributed by atoms with van der Waals surface area (Å²) in [6, 6.07) is 10.6. The summed E-state index contributed by atoms with van der Waals surface area (Å²) in [6.07, 6.45) is 2.49. The molecule has 0 radical (unpaired) electrons. The van der Waals surface area contributed by atoms with E-state index in [0.717, 1.165) is 0 Å². The molecule has 3 atom stereocenters. The highest BCUT2D eigenvalue weighted by molar-refractivity contribution is 7.91. The van der Waals surface area contributed by atoms with Crippen LogP contribution in [0.4, 0.5) is 5.95 Å². The Morgan fingerprint density at radius 3 is 2.50 bits per heavy atom. The van der Waals surface area contributed by atoms with Crippen LogP contribution in [0.2, 0.25) is 0 Å². The number of rotatable bonds is 6. The lowest BCUT2D eigenvalue weighted by Gasteiger charge is -2.15. The molecular weight excluding hydrogens is 382 g/mol. The highest BCUT2D eigenvalue weighted by Gasteiger charge is 2.31. The maximum Gasteiger partial charge on any atom is 0.247 e. The van der Waals surface area contributed by atoms with Crippen molar-refractivity contribution in [3.63, 3.8) is 0 Å². The van der Waals surface area contributed by atoms with Crippen LogP contribution in [0, 0.1) is 24.2 Å². The molecule has 0 aliphatic carbocycles. The zero-order valence-corrected chi connectivity index (χ0v) is 15.5. The van der Waals surface area contributed by atoms with E-state index in [4.69, 9.17) is 4.52 Å². The Morgan fingerprint density at radius 2 is 1.93 bits per heavy atom. The van der Waals surface area contributed by atoms with Crippen molar-refractivity contribution >= 4 is 23.0 Å². The molecule has 3 unspecified atom stereocenters. The minimum absolute atomic E-state index is 0.0756.